The molecule has 138 valence electrons. The molecule has 0 aliphatic carbocycles. The minimum atomic E-state index is -0.245. The van der Waals surface area contributed by atoms with Crippen molar-refractivity contribution in [1.82, 2.24) is 5.32 Å². The lowest BCUT2D eigenvalue weighted by Gasteiger charge is -2.20. The van der Waals surface area contributed by atoms with Crippen molar-refractivity contribution in [3.63, 3.8) is 0 Å². The third kappa shape index (κ3) is 5.69. The van der Waals surface area contributed by atoms with Gasteiger partial charge < -0.3 is 5.32 Å². The highest BCUT2D eigenvalue weighted by Gasteiger charge is 2.16. The molecule has 0 fully saturated rings. The van der Waals surface area contributed by atoms with Crippen molar-refractivity contribution in [1.29, 1.82) is 0 Å². The molecule has 1 amide bonds. The van der Waals surface area contributed by atoms with Crippen LogP contribution in [0.5, 0.6) is 0 Å². The standard InChI is InChI=1S/C23H22FNOS/c1-17-7-11-20(12-8-17)23(19-5-3-2-4-6-19)25-22(26)16-27-15-18-9-13-21(24)14-10-18/h2-14,23H,15-16H2,1H3,(H,25,26)/t23-/m0/s1. The summed E-state index contributed by atoms with van der Waals surface area (Å²) in [5.74, 6) is 0.766. The molecule has 4 heteroatoms. The van der Waals surface area contributed by atoms with Gasteiger partial charge in [0.05, 0.1) is 11.8 Å². The van der Waals surface area contributed by atoms with E-state index in [-0.39, 0.29) is 17.8 Å². The smallest absolute Gasteiger partial charge is 0.230 e. The third-order valence-electron chi connectivity index (χ3n) is 4.26. The predicted octanol–water partition coefficient (Wildman–Crippen LogP) is 5.27. The molecule has 0 spiro atoms. The van der Waals surface area contributed by atoms with Crippen LogP contribution in [-0.2, 0) is 10.5 Å². The van der Waals surface area contributed by atoms with Gasteiger partial charge in [-0.25, -0.2) is 4.39 Å². The lowest BCUT2D eigenvalue weighted by Crippen LogP contribution is -2.30. The Labute approximate surface area is 163 Å². The number of thioether (sulfide) groups is 1. The number of hydrogen-bond acceptors (Lipinski definition) is 2. The highest BCUT2D eigenvalue weighted by molar-refractivity contribution is 7.99. The minimum Gasteiger partial charge on any atom is -0.344 e. The van der Waals surface area contributed by atoms with Crippen LogP contribution in [-0.4, -0.2) is 11.7 Å². The third-order valence-corrected chi connectivity index (χ3v) is 5.27. The number of amides is 1. The molecule has 1 N–H and O–H groups in total. The Balaban J connectivity index is 1.63. The lowest BCUT2D eigenvalue weighted by molar-refractivity contribution is -0.119. The fraction of sp³-hybridized carbons (Fsp3) is 0.174. The van der Waals surface area contributed by atoms with Crippen molar-refractivity contribution in [2.24, 2.45) is 0 Å². The molecule has 0 aliphatic heterocycles. The first-order valence-corrected chi connectivity index (χ1v) is 10.0. The van der Waals surface area contributed by atoms with E-state index in [2.05, 4.69) is 29.6 Å². The highest BCUT2D eigenvalue weighted by Crippen LogP contribution is 2.23. The highest BCUT2D eigenvalue weighted by atomic mass is 32.2. The van der Waals surface area contributed by atoms with E-state index < -0.39 is 0 Å². The fourth-order valence-corrected chi connectivity index (χ4v) is 3.61. The second kappa shape index (κ2) is 9.38. The van der Waals surface area contributed by atoms with E-state index >= 15 is 0 Å². The summed E-state index contributed by atoms with van der Waals surface area (Å²) in [5.41, 5.74) is 4.31. The van der Waals surface area contributed by atoms with Crippen LogP contribution in [0, 0.1) is 12.7 Å². The molecule has 1 atom stereocenters. The second-order valence-corrected chi connectivity index (χ2v) is 7.43. The van der Waals surface area contributed by atoms with Crippen LogP contribution in [0.25, 0.3) is 0 Å². The summed E-state index contributed by atoms with van der Waals surface area (Å²) >= 11 is 1.52. The maximum Gasteiger partial charge on any atom is 0.230 e. The van der Waals surface area contributed by atoms with Gasteiger partial charge in [0.2, 0.25) is 5.91 Å². The Morgan fingerprint density at radius 1 is 0.926 bits per heavy atom. The number of halogens is 1. The molecule has 2 nitrogen and oxygen atoms in total. The summed E-state index contributed by atoms with van der Waals surface area (Å²) in [5, 5.41) is 3.14. The SMILES string of the molecule is Cc1ccc([C@@H](NC(=O)CSCc2ccc(F)cc2)c2ccccc2)cc1. The lowest BCUT2D eigenvalue weighted by atomic mass is 9.98. The number of nitrogens with one attached hydrogen (secondary N) is 1. The monoisotopic (exact) mass is 379 g/mol. The molecule has 3 rings (SSSR count). The van der Waals surface area contributed by atoms with E-state index in [1.54, 1.807) is 12.1 Å². The minimum absolute atomic E-state index is 0.0171. The number of benzene rings is 3. The average Bonchev–Trinajstić information content (AvgIpc) is 2.69. The summed E-state index contributed by atoms with van der Waals surface area (Å²) in [6.07, 6.45) is 0. The van der Waals surface area contributed by atoms with Crippen molar-refractivity contribution >= 4 is 17.7 Å². The van der Waals surface area contributed by atoms with Crippen molar-refractivity contribution in [3.8, 4) is 0 Å². The summed E-state index contributed by atoms with van der Waals surface area (Å²) in [4.78, 5) is 12.5. The first-order valence-electron chi connectivity index (χ1n) is 8.85. The summed E-state index contributed by atoms with van der Waals surface area (Å²) in [7, 11) is 0. The maximum absolute atomic E-state index is 13.0. The fourth-order valence-electron chi connectivity index (χ4n) is 2.81. The molecule has 0 aromatic heterocycles. The molecule has 3 aromatic carbocycles. The van der Waals surface area contributed by atoms with Gasteiger partial charge >= 0.3 is 0 Å². The van der Waals surface area contributed by atoms with Crippen molar-refractivity contribution in [3.05, 3.63) is 107 Å². The van der Waals surface area contributed by atoms with Gasteiger partial charge in [-0.1, -0.05) is 72.3 Å². The molecular weight excluding hydrogens is 357 g/mol. The zero-order valence-electron chi connectivity index (χ0n) is 15.2. The van der Waals surface area contributed by atoms with E-state index in [9.17, 15) is 9.18 Å². The van der Waals surface area contributed by atoms with E-state index in [1.807, 2.05) is 37.3 Å². The van der Waals surface area contributed by atoms with E-state index in [0.29, 0.717) is 11.5 Å². The van der Waals surface area contributed by atoms with Gasteiger partial charge in [0.1, 0.15) is 5.82 Å². The first kappa shape index (κ1) is 19.2. The summed E-state index contributed by atoms with van der Waals surface area (Å²) in [6.45, 7) is 2.05. The molecular formula is C23H22FNOS. The zero-order chi connectivity index (χ0) is 19.1. The topological polar surface area (TPSA) is 29.1 Å². The van der Waals surface area contributed by atoms with Crippen molar-refractivity contribution in [2.45, 2.75) is 18.7 Å². The van der Waals surface area contributed by atoms with Gasteiger partial charge in [0.25, 0.3) is 0 Å². The quantitative estimate of drug-likeness (QED) is 0.606. The van der Waals surface area contributed by atoms with Crippen LogP contribution in [0.1, 0.15) is 28.3 Å². The average molecular weight is 380 g/mol. The zero-order valence-corrected chi connectivity index (χ0v) is 16.0. The van der Waals surface area contributed by atoms with Crippen LogP contribution >= 0.6 is 11.8 Å². The Kier molecular flexibility index (Phi) is 6.66. The summed E-state index contributed by atoms with van der Waals surface area (Å²) < 4.78 is 13.0. The van der Waals surface area contributed by atoms with Gasteiger partial charge in [-0.15, -0.1) is 11.8 Å². The van der Waals surface area contributed by atoms with Crippen molar-refractivity contribution in [2.75, 3.05) is 5.75 Å². The number of aryl methyl sites for hydroxylation is 1. The second-order valence-electron chi connectivity index (χ2n) is 6.44. The molecule has 3 aromatic rings. The molecule has 0 bridgehead atoms. The largest absolute Gasteiger partial charge is 0.344 e. The molecule has 0 saturated heterocycles. The molecule has 27 heavy (non-hydrogen) atoms. The van der Waals surface area contributed by atoms with Crippen LogP contribution in [0.4, 0.5) is 4.39 Å². The first-order chi connectivity index (χ1) is 13.1. The maximum atomic E-state index is 13.0. The van der Waals surface area contributed by atoms with Gasteiger partial charge in [-0.2, -0.15) is 0 Å². The van der Waals surface area contributed by atoms with Gasteiger partial charge in [0, 0.05) is 5.75 Å². The van der Waals surface area contributed by atoms with Crippen LogP contribution in [0.3, 0.4) is 0 Å². The molecule has 0 unspecified atom stereocenters. The number of carbonyl (C=O) groups is 1. The van der Waals surface area contributed by atoms with Gasteiger partial charge in [-0.05, 0) is 35.7 Å². The van der Waals surface area contributed by atoms with Crippen molar-refractivity contribution < 1.29 is 9.18 Å². The molecule has 0 radical (unpaired) electrons. The van der Waals surface area contributed by atoms with Gasteiger partial charge in [0.15, 0.2) is 0 Å². The summed E-state index contributed by atoms with van der Waals surface area (Å²) in [6, 6.07) is 24.4. The van der Waals surface area contributed by atoms with E-state index in [0.717, 1.165) is 16.7 Å². The molecule has 0 heterocycles. The Morgan fingerprint density at radius 2 is 1.56 bits per heavy atom. The Morgan fingerprint density at radius 3 is 2.22 bits per heavy atom. The van der Waals surface area contributed by atoms with Crippen LogP contribution in [0.15, 0.2) is 78.9 Å². The van der Waals surface area contributed by atoms with Gasteiger partial charge in [-0.3, -0.25) is 4.79 Å². The number of hydrogen-bond donors (Lipinski definition) is 1. The van der Waals surface area contributed by atoms with Crippen LogP contribution < -0.4 is 5.32 Å². The van der Waals surface area contributed by atoms with E-state index in [4.69, 9.17) is 0 Å². The van der Waals surface area contributed by atoms with Crippen LogP contribution in [0.2, 0.25) is 0 Å². The normalized spacial score (nSPS) is 11.8. The number of rotatable bonds is 7. The van der Waals surface area contributed by atoms with E-state index in [1.165, 1.54) is 29.5 Å². The molecule has 0 aliphatic rings. The Bertz CT molecular complexity index is 863. The number of carbonyl (C=O) groups excluding carboxylic acids is 1. The Hall–Kier alpha value is -2.59. The molecule has 0 saturated carbocycles. The predicted molar refractivity (Wildman–Crippen MR) is 110 cm³/mol.